The number of thiazole rings is 1. The standard InChI is InChI=1S/C18H21BrFN3OS/c19-14-6-4-13(16(20)10-14)5-7-17(24)22-18-21-15(12-25-18)11-23-8-2-1-3-9-23/h4,6,10,12H,1-3,5,7-9,11H2,(H,21,22,24). The molecule has 1 aromatic carbocycles. The highest BCUT2D eigenvalue weighted by Gasteiger charge is 2.13. The van der Waals surface area contributed by atoms with E-state index >= 15 is 0 Å². The van der Waals surface area contributed by atoms with Crippen molar-refractivity contribution >= 4 is 38.3 Å². The number of hydrogen-bond donors (Lipinski definition) is 1. The van der Waals surface area contributed by atoms with E-state index in [-0.39, 0.29) is 18.1 Å². The van der Waals surface area contributed by atoms with Gasteiger partial charge in [-0.3, -0.25) is 9.69 Å². The summed E-state index contributed by atoms with van der Waals surface area (Å²) in [6.07, 6.45) is 4.42. The van der Waals surface area contributed by atoms with Gasteiger partial charge in [0.25, 0.3) is 0 Å². The van der Waals surface area contributed by atoms with Crippen LogP contribution in [0.2, 0.25) is 0 Å². The van der Waals surface area contributed by atoms with Gasteiger partial charge in [0, 0.05) is 22.8 Å². The summed E-state index contributed by atoms with van der Waals surface area (Å²) in [7, 11) is 0. The third kappa shape index (κ3) is 5.59. The summed E-state index contributed by atoms with van der Waals surface area (Å²) in [5, 5.41) is 5.44. The summed E-state index contributed by atoms with van der Waals surface area (Å²) in [5.74, 6) is -0.429. The summed E-state index contributed by atoms with van der Waals surface area (Å²) in [6, 6.07) is 4.90. The number of anilines is 1. The van der Waals surface area contributed by atoms with Crippen molar-refractivity contribution in [1.82, 2.24) is 9.88 Å². The van der Waals surface area contributed by atoms with Crippen molar-refractivity contribution < 1.29 is 9.18 Å². The number of hydrogen-bond acceptors (Lipinski definition) is 4. The second-order valence-corrected chi connectivity index (χ2v) is 8.04. The first-order valence-electron chi connectivity index (χ1n) is 8.51. The van der Waals surface area contributed by atoms with Gasteiger partial charge in [-0.25, -0.2) is 9.37 Å². The number of aryl methyl sites for hydroxylation is 1. The van der Waals surface area contributed by atoms with Gasteiger partial charge >= 0.3 is 0 Å². The number of carbonyl (C=O) groups excluding carboxylic acids is 1. The molecule has 3 rings (SSSR count). The fourth-order valence-corrected chi connectivity index (χ4v) is 3.99. The van der Waals surface area contributed by atoms with Crippen LogP contribution in [0.25, 0.3) is 0 Å². The number of aromatic nitrogens is 1. The number of halogens is 2. The monoisotopic (exact) mass is 425 g/mol. The van der Waals surface area contributed by atoms with E-state index in [0.29, 0.717) is 21.6 Å². The lowest BCUT2D eigenvalue weighted by molar-refractivity contribution is -0.116. The number of nitrogens with zero attached hydrogens (tertiary/aromatic N) is 2. The number of rotatable bonds is 6. The van der Waals surface area contributed by atoms with Gasteiger partial charge in [0.1, 0.15) is 5.82 Å². The molecule has 0 bridgehead atoms. The second kappa shape index (κ2) is 8.87. The van der Waals surface area contributed by atoms with Gasteiger partial charge in [0.05, 0.1) is 5.69 Å². The molecule has 0 radical (unpaired) electrons. The minimum Gasteiger partial charge on any atom is -0.302 e. The SMILES string of the molecule is O=C(CCc1ccc(Br)cc1F)Nc1nc(CN2CCCCC2)cs1. The van der Waals surface area contributed by atoms with Gasteiger partial charge in [-0.05, 0) is 50.0 Å². The zero-order valence-electron chi connectivity index (χ0n) is 13.9. The van der Waals surface area contributed by atoms with Crippen LogP contribution in [0, 0.1) is 5.82 Å². The van der Waals surface area contributed by atoms with E-state index < -0.39 is 0 Å². The molecule has 0 atom stereocenters. The predicted octanol–water partition coefficient (Wildman–Crippen LogP) is 4.60. The summed E-state index contributed by atoms with van der Waals surface area (Å²) in [4.78, 5) is 19.0. The molecular weight excluding hydrogens is 405 g/mol. The smallest absolute Gasteiger partial charge is 0.226 e. The summed E-state index contributed by atoms with van der Waals surface area (Å²) in [5.41, 5.74) is 1.55. The van der Waals surface area contributed by atoms with E-state index in [1.165, 1.54) is 36.7 Å². The van der Waals surface area contributed by atoms with Crippen molar-refractivity contribution in [3.05, 3.63) is 45.1 Å². The van der Waals surface area contributed by atoms with Gasteiger partial charge < -0.3 is 5.32 Å². The van der Waals surface area contributed by atoms with Gasteiger partial charge in [-0.15, -0.1) is 11.3 Å². The number of nitrogens with one attached hydrogen (secondary N) is 1. The van der Waals surface area contributed by atoms with Crippen molar-refractivity contribution in [1.29, 1.82) is 0 Å². The normalized spacial score (nSPS) is 15.3. The quantitative estimate of drug-likeness (QED) is 0.734. The van der Waals surface area contributed by atoms with E-state index in [0.717, 1.165) is 25.3 Å². The van der Waals surface area contributed by atoms with Crippen LogP contribution in [-0.2, 0) is 17.8 Å². The number of amides is 1. The van der Waals surface area contributed by atoms with E-state index in [1.54, 1.807) is 12.1 Å². The molecule has 2 heterocycles. The van der Waals surface area contributed by atoms with Crippen LogP contribution in [-0.4, -0.2) is 28.9 Å². The Bertz CT molecular complexity index is 731. The Balaban J connectivity index is 1.47. The van der Waals surface area contributed by atoms with Gasteiger partial charge in [0.15, 0.2) is 5.13 Å². The molecule has 2 aromatic rings. The Morgan fingerprint density at radius 3 is 2.88 bits per heavy atom. The van der Waals surface area contributed by atoms with Crippen LogP contribution in [0.4, 0.5) is 9.52 Å². The number of carbonyl (C=O) groups is 1. The number of benzene rings is 1. The molecule has 4 nitrogen and oxygen atoms in total. The van der Waals surface area contributed by atoms with E-state index in [2.05, 4.69) is 31.1 Å². The summed E-state index contributed by atoms with van der Waals surface area (Å²) in [6.45, 7) is 3.09. The largest absolute Gasteiger partial charge is 0.302 e. The Hall–Kier alpha value is -1.31. The zero-order chi connectivity index (χ0) is 17.6. The maximum atomic E-state index is 13.8. The maximum Gasteiger partial charge on any atom is 0.226 e. The topological polar surface area (TPSA) is 45.2 Å². The van der Waals surface area contributed by atoms with Crippen LogP contribution in [0.1, 0.15) is 36.9 Å². The fraction of sp³-hybridized carbons (Fsp3) is 0.444. The number of likely N-dealkylation sites (tertiary alicyclic amines) is 1. The van der Waals surface area contributed by atoms with Crippen LogP contribution in [0.3, 0.4) is 0 Å². The minimum absolute atomic E-state index is 0.138. The Kier molecular flexibility index (Phi) is 6.56. The zero-order valence-corrected chi connectivity index (χ0v) is 16.3. The minimum atomic E-state index is -0.291. The molecule has 1 amide bonds. The van der Waals surface area contributed by atoms with E-state index in [9.17, 15) is 9.18 Å². The van der Waals surface area contributed by atoms with Crippen LogP contribution >= 0.6 is 27.3 Å². The fourth-order valence-electron chi connectivity index (χ4n) is 2.94. The lowest BCUT2D eigenvalue weighted by Gasteiger charge is -2.25. The Labute approximate surface area is 159 Å². The first kappa shape index (κ1) is 18.5. The summed E-state index contributed by atoms with van der Waals surface area (Å²) < 4.78 is 14.5. The highest BCUT2D eigenvalue weighted by Crippen LogP contribution is 2.20. The molecule has 1 aliphatic rings. The molecule has 1 aromatic heterocycles. The number of piperidine rings is 1. The molecule has 1 fully saturated rings. The molecule has 0 aliphatic carbocycles. The third-order valence-corrected chi connectivity index (χ3v) is 5.57. The van der Waals surface area contributed by atoms with Crippen LogP contribution in [0.15, 0.2) is 28.1 Å². The Morgan fingerprint density at radius 2 is 2.12 bits per heavy atom. The van der Waals surface area contributed by atoms with Gasteiger partial charge in [-0.1, -0.05) is 28.4 Å². The first-order chi connectivity index (χ1) is 12.1. The van der Waals surface area contributed by atoms with Crippen molar-refractivity contribution in [2.75, 3.05) is 18.4 Å². The van der Waals surface area contributed by atoms with Crippen LogP contribution < -0.4 is 5.32 Å². The second-order valence-electron chi connectivity index (χ2n) is 6.26. The predicted molar refractivity (Wildman–Crippen MR) is 102 cm³/mol. The molecule has 0 spiro atoms. The van der Waals surface area contributed by atoms with Crippen molar-refractivity contribution in [3.8, 4) is 0 Å². The Morgan fingerprint density at radius 1 is 1.32 bits per heavy atom. The summed E-state index contributed by atoms with van der Waals surface area (Å²) >= 11 is 4.67. The molecule has 1 N–H and O–H groups in total. The van der Waals surface area contributed by atoms with Gasteiger partial charge in [-0.2, -0.15) is 0 Å². The molecule has 7 heteroatoms. The molecule has 134 valence electrons. The molecule has 0 saturated carbocycles. The third-order valence-electron chi connectivity index (χ3n) is 4.27. The van der Waals surface area contributed by atoms with Crippen molar-refractivity contribution in [3.63, 3.8) is 0 Å². The molecule has 25 heavy (non-hydrogen) atoms. The average Bonchev–Trinajstić information content (AvgIpc) is 3.02. The molecule has 1 saturated heterocycles. The average molecular weight is 426 g/mol. The molecule has 0 unspecified atom stereocenters. The molecule has 1 aliphatic heterocycles. The van der Waals surface area contributed by atoms with Crippen LogP contribution in [0.5, 0.6) is 0 Å². The van der Waals surface area contributed by atoms with Crippen molar-refractivity contribution in [2.24, 2.45) is 0 Å². The van der Waals surface area contributed by atoms with Crippen molar-refractivity contribution in [2.45, 2.75) is 38.6 Å². The van der Waals surface area contributed by atoms with E-state index in [1.807, 2.05) is 5.38 Å². The lowest BCUT2D eigenvalue weighted by atomic mass is 10.1. The maximum absolute atomic E-state index is 13.8. The van der Waals surface area contributed by atoms with Gasteiger partial charge in [0.2, 0.25) is 5.91 Å². The first-order valence-corrected chi connectivity index (χ1v) is 10.2. The molecular formula is C18H21BrFN3OS. The highest BCUT2D eigenvalue weighted by atomic mass is 79.9. The van der Waals surface area contributed by atoms with E-state index in [4.69, 9.17) is 0 Å². The highest BCUT2D eigenvalue weighted by molar-refractivity contribution is 9.10. The lowest BCUT2D eigenvalue weighted by Crippen LogP contribution is -2.29.